The molecule has 1 amide bonds. The average molecular weight is 319 g/mol. The molecule has 0 aliphatic carbocycles. The number of anilines is 1. The summed E-state index contributed by atoms with van der Waals surface area (Å²) in [6.07, 6.45) is 0. The van der Waals surface area contributed by atoms with Gasteiger partial charge in [0.1, 0.15) is 0 Å². The van der Waals surface area contributed by atoms with Gasteiger partial charge in [-0.3, -0.25) is 9.69 Å². The minimum atomic E-state index is 0.0701. The van der Waals surface area contributed by atoms with Crippen LogP contribution in [0.4, 0.5) is 5.69 Å². The van der Waals surface area contributed by atoms with Crippen LogP contribution in [0.2, 0.25) is 0 Å². The third-order valence-corrected chi connectivity index (χ3v) is 5.65. The number of thioether (sulfide) groups is 1. The van der Waals surface area contributed by atoms with E-state index in [0.29, 0.717) is 5.92 Å². The van der Waals surface area contributed by atoms with Crippen molar-refractivity contribution in [1.29, 1.82) is 0 Å². The largest absolute Gasteiger partial charge is 0.326 e. The first kappa shape index (κ1) is 15.8. The minimum Gasteiger partial charge on any atom is -0.326 e. The second kappa shape index (κ2) is 7.49. The summed E-state index contributed by atoms with van der Waals surface area (Å²) in [5.41, 5.74) is 2.20. The highest BCUT2D eigenvalue weighted by Gasteiger charge is 2.29. The fourth-order valence-corrected chi connectivity index (χ4v) is 3.88. The zero-order valence-corrected chi connectivity index (χ0v) is 14.0. The zero-order valence-electron chi connectivity index (χ0n) is 13.2. The van der Waals surface area contributed by atoms with Crippen molar-refractivity contribution in [2.45, 2.75) is 13.5 Å². The lowest BCUT2D eigenvalue weighted by molar-refractivity contribution is -0.121. The number of nitrogens with one attached hydrogen (secondary N) is 2. The number of hydrogen-bond donors (Lipinski definition) is 2. The Bertz CT molecular complexity index is 512. The summed E-state index contributed by atoms with van der Waals surface area (Å²) in [4.78, 5) is 14.9. The smallest absolute Gasteiger partial charge is 0.227 e. The first-order valence-corrected chi connectivity index (χ1v) is 9.29. The lowest BCUT2D eigenvalue weighted by atomic mass is 9.88. The van der Waals surface area contributed by atoms with Crippen molar-refractivity contribution in [2.75, 3.05) is 43.0 Å². The van der Waals surface area contributed by atoms with E-state index < -0.39 is 0 Å². The Balaban J connectivity index is 1.63. The van der Waals surface area contributed by atoms with Crippen LogP contribution in [0, 0.1) is 11.8 Å². The predicted molar refractivity (Wildman–Crippen MR) is 93.2 cm³/mol. The van der Waals surface area contributed by atoms with Gasteiger partial charge in [-0.25, -0.2) is 0 Å². The van der Waals surface area contributed by atoms with Crippen LogP contribution in [-0.2, 0) is 11.3 Å². The molecule has 3 rings (SSSR count). The molecule has 22 heavy (non-hydrogen) atoms. The van der Waals surface area contributed by atoms with Crippen LogP contribution in [0.15, 0.2) is 24.3 Å². The molecular formula is C17H25N3OS. The van der Waals surface area contributed by atoms with Gasteiger partial charge in [-0.1, -0.05) is 25.1 Å². The van der Waals surface area contributed by atoms with Crippen molar-refractivity contribution in [3.05, 3.63) is 29.8 Å². The van der Waals surface area contributed by atoms with Gasteiger partial charge in [0.05, 0.1) is 0 Å². The Morgan fingerprint density at radius 2 is 2.09 bits per heavy atom. The third kappa shape index (κ3) is 3.83. The molecule has 5 heteroatoms. The lowest BCUT2D eigenvalue weighted by Crippen LogP contribution is -2.48. The molecule has 2 heterocycles. The quantitative estimate of drug-likeness (QED) is 0.872. The number of benzene rings is 1. The van der Waals surface area contributed by atoms with Crippen molar-refractivity contribution >= 4 is 23.4 Å². The molecule has 0 bridgehead atoms. The number of carbonyl (C=O) groups is 1. The molecule has 120 valence electrons. The molecule has 1 atom stereocenters. The fourth-order valence-electron chi connectivity index (χ4n) is 2.91. The van der Waals surface area contributed by atoms with E-state index in [1.807, 2.05) is 30.8 Å². The van der Waals surface area contributed by atoms with Crippen molar-refractivity contribution in [3.63, 3.8) is 0 Å². The average Bonchev–Trinajstić information content (AvgIpc) is 2.48. The van der Waals surface area contributed by atoms with E-state index >= 15 is 0 Å². The first-order valence-electron chi connectivity index (χ1n) is 8.13. The standard InChI is InChI=1S/C17H25N3OS/c1-13(15-10-18-11-15)17(21)19-16-5-3-2-4-14(16)12-20-6-8-22-9-7-20/h2-5,13,15,18H,6-12H2,1H3,(H,19,21). The molecule has 2 N–H and O–H groups in total. The van der Waals surface area contributed by atoms with Gasteiger partial charge >= 0.3 is 0 Å². The molecule has 2 aliphatic heterocycles. The molecule has 0 spiro atoms. The number of amides is 1. The van der Waals surface area contributed by atoms with Crippen molar-refractivity contribution < 1.29 is 4.79 Å². The summed E-state index contributed by atoms with van der Waals surface area (Å²) in [7, 11) is 0. The van der Waals surface area contributed by atoms with Crippen LogP contribution in [-0.4, -0.2) is 48.5 Å². The topological polar surface area (TPSA) is 44.4 Å². The van der Waals surface area contributed by atoms with Crippen molar-refractivity contribution in [3.8, 4) is 0 Å². The molecule has 2 fully saturated rings. The Kier molecular flexibility index (Phi) is 5.39. The van der Waals surface area contributed by atoms with Gasteiger partial charge in [0.15, 0.2) is 0 Å². The summed E-state index contributed by atoms with van der Waals surface area (Å²) in [6, 6.07) is 8.22. The summed E-state index contributed by atoms with van der Waals surface area (Å²) in [5.74, 6) is 3.11. The number of para-hydroxylation sites is 1. The van der Waals surface area contributed by atoms with Crippen LogP contribution in [0.25, 0.3) is 0 Å². The van der Waals surface area contributed by atoms with Gasteiger partial charge < -0.3 is 10.6 Å². The summed E-state index contributed by atoms with van der Waals surface area (Å²) < 4.78 is 0. The van der Waals surface area contributed by atoms with Gasteiger partial charge in [-0.05, 0) is 30.6 Å². The molecule has 0 saturated carbocycles. The monoisotopic (exact) mass is 319 g/mol. The summed E-state index contributed by atoms with van der Waals surface area (Å²) in [5, 5.41) is 6.39. The number of nitrogens with zero attached hydrogens (tertiary/aromatic N) is 1. The summed E-state index contributed by atoms with van der Waals surface area (Å²) in [6.45, 7) is 7.15. The Morgan fingerprint density at radius 1 is 1.36 bits per heavy atom. The van der Waals surface area contributed by atoms with E-state index in [0.717, 1.165) is 38.4 Å². The molecule has 1 unspecified atom stereocenters. The second-order valence-electron chi connectivity index (χ2n) is 6.24. The van der Waals surface area contributed by atoms with E-state index in [4.69, 9.17) is 0 Å². The van der Waals surface area contributed by atoms with Gasteiger partial charge in [0.2, 0.25) is 5.91 Å². The van der Waals surface area contributed by atoms with Crippen LogP contribution >= 0.6 is 11.8 Å². The zero-order chi connectivity index (χ0) is 15.4. The van der Waals surface area contributed by atoms with Gasteiger partial charge in [0.25, 0.3) is 0 Å². The van der Waals surface area contributed by atoms with Crippen LogP contribution in [0.5, 0.6) is 0 Å². The Morgan fingerprint density at radius 3 is 2.77 bits per heavy atom. The number of hydrogen-bond acceptors (Lipinski definition) is 4. The van der Waals surface area contributed by atoms with Crippen molar-refractivity contribution in [1.82, 2.24) is 10.2 Å². The molecule has 2 saturated heterocycles. The highest BCUT2D eigenvalue weighted by molar-refractivity contribution is 7.99. The second-order valence-corrected chi connectivity index (χ2v) is 7.47. The van der Waals surface area contributed by atoms with Crippen molar-refractivity contribution in [2.24, 2.45) is 11.8 Å². The molecule has 1 aromatic carbocycles. The lowest BCUT2D eigenvalue weighted by Gasteiger charge is -2.32. The fraction of sp³-hybridized carbons (Fsp3) is 0.588. The maximum absolute atomic E-state index is 12.4. The predicted octanol–water partition coefficient (Wildman–Crippen LogP) is 2.03. The van der Waals surface area contributed by atoms with E-state index in [-0.39, 0.29) is 11.8 Å². The SMILES string of the molecule is CC(C(=O)Nc1ccccc1CN1CCSCC1)C1CNC1. The van der Waals surface area contributed by atoms with Crippen LogP contribution in [0.3, 0.4) is 0 Å². The maximum Gasteiger partial charge on any atom is 0.227 e. The number of carbonyl (C=O) groups excluding carboxylic acids is 1. The van der Waals surface area contributed by atoms with Gasteiger partial charge in [-0.2, -0.15) is 11.8 Å². The molecule has 0 aromatic heterocycles. The molecule has 4 nitrogen and oxygen atoms in total. The molecule has 0 radical (unpaired) electrons. The molecule has 1 aromatic rings. The van der Waals surface area contributed by atoms with E-state index in [1.54, 1.807) is 0 Å². The van der Waals surface area contributed by atoms with E-state index in [2.05, 4.69) is 27.7 Å². The van der Waals surface area contributed by atoms with E-state index in [9.17, 15) is 4.79 Å². The molecular weight excluding hydrogens is 294 g/mol. The summed E-state index contributed by atoms with van der Waals surface area (Å²) >= 11 is 2.02. The van der Waals surface area contributed by atoms with Gasteiger partial charge in [0, 0.05) is 42.7 Å². The Labute approximate surface area is 137 Å². The van der Waals surface area contributed by atoms with E-state index in [1.165, 1.54) is 17.1 Å². The van der Waals surface area contributed by atoms with Crippen LogP contribution in [0.1, 0.15) is 12.5 Å². The highest BCUT2D eigenvalue weighted by Crippen LogP contribution is 2.22. The Hall–Kier alpha value is -1.04. The van der Waals surface area contributed by atoms with Crippen LogP contribution < -0.4 is 10.6 Å². The normalized spacial score (nSPS) is 21.1. The first-order chi connectivity index (χ1) is 10.7. The van der Waals surface area contributed by atoms with Gasteiger partial charge in [-0.15, -0.1) is 0 Å². The highest BCUT2D eigenvalue weighted by atomic mass is 32.2. The minimum absolute atomic E-state index is 0.0701. The third-order valence-electron chi connectivity index (χ3n) is 4.71. The molecule has 2 aliphatic rings. The maximum atomic E-state index is 12.4. The number of rotatable bonds is 5.